The lowest BCUT2D eigenvalue weighted by atomic mass is 10.1. The lowest BCUT2D eigenvalue weighted by Crippen LogP contribution is -2.03. The van der Waals surface area contributed by atoms with E-state index in [-0.39, 0.29) is 22.8 Å². The first-order chi connectivity index (χ1) is 9.56. The summed E-state index contributed by atoms with van der Waals surface area (Å²) in [5.74, 6) is 0.691. The fraction of sp³-hybridized carbons (Fsp3) is 0.188. The zero-order valence-electron chi connectivity index (χ0n) is 11.2. The monoisotopic (exact) mass is 288 g/mol. The van der Waals surface area contributed by atoms with Gasteiger partial charge in [0.2, 0.25) is 0 Å². The van der Waals surface area contributed by atoms with Gasteiger partial charge in [-0.15, -0.1) is 11.8 Å². The van der Waals surface area contributed by atoms with Crippen LogP contribution in [0.25, 0.3) is 0 Å². The fourth-order valence-corrected chi connectivity index (χ4v) is 2.76. The molecular formula is C16H16O3S. The number of aromatic hydroxyl groups is 2. The van der Waals surface area contributed by atoms with E-state index in [4.69, 9.17) is 0 Å². The van der Waals surface area contributed by atoms with Crippen molar-refractivity contribution < 1.29 is 15.0 Å². The molecule has 2 N–H and O–H groups in total. The molecule has 3 nitrogen and oxygen atoms in total. The van der Waals surface area contributed by atoms with Gasteiger partial charge in [-0.1, -0.05) is 29.8 Å². The van der Waals surface area contributed by atoms with Crippen LogP contribution in [0, 0.1) is 6.92 Å². The Hall–Kier alpha value is -1.94. The average Bonchev–Trinajstić information content (AvgIpc) is 2.38. The van der Waals surface area contributed by atoms with Gasteiger partial charge in [0.05, 0.1) is 11.3 Å². The number of carbonyl (C=O) groups is 1. The SMILES string of the molecule is Cc1cccc(CSCC(=O)c2ccc(O)cc2O)c1. The number of thioether (sulfide) groups is 1. The summed E-state index contributed by atoms with van der Waals surface area (Å²) in [6, 6.07) is 12.2. The molecule has 0 spiro atoms. The molecule has 2 aromatic rings. The maximum Gasteiger partial charge on any atom is 0.176 e. The van der Waals surface area contributed by atoms with Crippen LogP contribution in [0.1, 0.15) is 21.5 Å². The van der Waals surface area contributed by atoms with E-state index in [0.29, 0.717) is 5.75 Å². The van der Waals surface area contributed by atoms with E-state index in [2.05, 4.69) is 6.07 Å². The maximum atomic E-state index is 12.0. The maximum absolute atomic E-state index is 12.0. The Balaban J connectivity index is 1.92. The molecule has 0 aliphatic carbocycles. The Morgan fingerprint density at radius 2 is 1.95 bits per heavy atom. The van der Waals surface area contributed by atoms with Gasteiger partial charge in [-0.25, -0.2) is 0 Å². The van der Waals surface area contributed by atoms with Crippen LogP contribution in [0.2, 0.25) is 0 Å². The third-order valence-corrected chi connectivity index (χ3v) is 3.87. The number of Topliss-reactive ketones (excluding diaryl/α,β-unsaturated/α-hetero) is 1. The Bertz CT molecular complexity index is 623. The number of benzene rings is 2. The molecule has 0 atom stereocenters. The molecule has 0 aromatic heterocycles. The summed E-state index contributed by atoms with van der Waals surface area (Å²) in [4.78, 5) is 12.0. The van der Waals surface area contributed by atoms with Crippen molar-refractivity contribution in [3.8, 4) is 11.5 Å². The number of phenols is 2. The van der Waals surface area contributed by atoms with Gasteiger partial charge < -0.3 is 10.2 Å². The summed E-state index contributed by atoms with van der Waals surface area (Å²) >= 11 is 1.51. The highest BCUT2D eigenvalue weighted by Gasteiger charge is 2.11. The van der Waals surface area contributed by atoms with Crippen molar-refractivity contribution in [2.45, 2.75) is 12.7 Å². The van der Waals surface area contributed by atoms with Crippen LogP contribution >= 0.6 is 11.8 Å². The molecule has 0 radical (unpaired) electrons. The van der Waals surface area contributed by atoms with Crippen LogP contribution in [-0.2, 0) is 5.75 Å². The van der Waals surface area contributed by atoms with Gasteiger partial charge in [0.1, 0.15) is 11.5 Å². The van der Waals surface area contributed by atoms with Gasteiger partial charge in [0.15, 0.2) is 5.78 Å². The standard InChI is InChI=1S/C16H16O3S/c1-11-3-2-4-12(7-11)9-20-10-16(19)14-6-5-13(17)8-15(14)18/h2-8,17-18H,9-10H2,1H3. The Morgan fingerprint density at radius 1 is 1.15 bits per heavy atom. The number of phenolic OH excluding ortho intramolecular Hbond substituents is 2. The second kappa shape index (κ2) is 6.48. The first kappa shape index (κ1) is 14.5. The predicted molar refractivity (Wildman–Crippen MR) is 81.4 cm³/mol. The highest BCUT2D eigenvalue weighted by atomic mass is 32.2. The first-order valence-corrected chi connectivity index (χ1v) is 7.40. The molecule has 0 aliphatic heterocycles. The van der Waals surface area contributed by atoms with Gasteiger partial charge in [0, 0.05) is 11.8 Å². The quantitative estimate of drug-likeness (QED) is 0.826. The third kappa shape index (κ3) is 3.78. The lowest BCUT2D eigenvalue weighted by Gasteiger charge is -2.05. The van der Waals surface area contributed by atoms with Crippen molar-refractivity contribution in [1.29, 1.82) is 0 Å². The Morgan fingerprint density at radius 3 is 2.65 bits per heavy atom. The second-order valence-electron chi connectivity index (χ2n) is 4.61. The highest BCUT2D eigenvalue weighted by molar-refractivity contribution is 7.99. The Labute approximate surface area is 122 Å². The fourth-order valence-electron chi connectivity index (χ4n) is 1.90. The molecule has 20 heavy (non-hydrogen) atoms. The minimum atomic E-state index is -0.175. The summed E-state index contributed by atoms with van der Waals surface area (Å²) in [5.41, 5.74) is 2.63. The molecule has 4 heteroatoms. The first-order valence-electron chi connectivity index (χ1n) is 6.25. The smallest absolute Gasteiger partial charge is 0.176 e. The van der Waals surface area contributed by atoms with Gasteiger partial charge in [-0.2, -0.15) is 0 Å². The molecule has 2 rings (SSSR count). The van der Waals surface area contributed by atoms with Crippen LogP contribution in [0.5, 0.6) is 11.5 Å². The number of aryl methyl sites for hydroxylation is 1. The zero-order chi connectivity index (χ0) is 14.5. The number of carbonyl (C=O) groups excluding carboxylic acids is 1. The molecule has 0 saturated heterocycles. The number of hydrogen-bond acceptors (Lipinski definition) is 4. The number of ketones is 1. The third-order valence-electron chi connectivity index (χ3n) is 2.87. The zero-order valence-corrected chi connectivity index (χ0v) is 12.0. The minimum absolute atomic E-state index is 0.0496. The molecule has 0 unspecified atom stereocenters. The normalized spacial score (nSPS) is 10.4. The van der Waals surface area contributed by atoms with E-state index >= 15 is 0 Å². The molecule has 2 aromatic carbocycles. The largest absolute Gasteiger partial charge is 0.508 e. The van der Waals surface area contributed by atoms with Crippen LogP contribution in [0.3, 0.4) is 0 Å². The van der Waals surface area contributed by atoms with E-state index in [0.717, 1.165) is 5.75 Å². The van der Waals surface area contributed by atoms with Crippen molar-refractivity contribution in [2.24, 2.45) is 0 Å². The van der Waals surface area contributed by atoms with E-state index in [1.807, 2.05) is 25.1 Å². The summed E-state index contributed by atoms with van der Waals surface area (Å²) in [5, 5.41) is 18.8. The highest BCUT2D eigenvalue weighted by Crippen LogP contribution is 2.24. The summed E-state index contributed by atoms with van der Waals surface area (Å²) in [7, 11) is 0. The van der Waals surface area contributed by atoms with Gasteiger partial charge in [-0.05, 0) is 24.6 Å². The number of rotatable bonds is 5. The van der Waals surface area contributed by atoms with Gasteiger partial charge in [-0.3, -0.25) is 4.79 Å². The topological polar surface area (TPSA) is 57.5 Å². The molecule has 0 bridgehead atoms. The van der Waals surface area contributed by atoms with Crippen molar-refractivity contribution in [1.82, 2.24) is 0 Å². The van der Waals surface area contributed by atoms with Crippen LogP contribution in [-0.4, -0.2) is 21.7 Å². The van der Waals surface area contributed by atoms with Crippen LogP contribution < -0.4 is 0 Å². The molecule has 104 valence electrons. The van der Waals surface area contributed by atoms with E-state index in [9.17, 15) is 15.0 Å². The minimum Gasteiger partial charge on any atom is -0.508 e. The molecule has 0 heterocycles. The van der Waals surface area contributed by atoms with E-state index in [1.54, 1.807) is 0 Å². The molecule has 0 amide bonds. The number of hydrogen-bond donors (Lipinski definition) is 2. The van der Waals surface area contributed by atoms with Crippen LogP contribution in [0.4, 0.5) is 0 Å². The van der Waals surface area contributed by atoms with Crippen molar-refractivity contribution in [3.05, 3.63) is 59.2 Å². The van der Waals surface area contributed by atoms with Crippen molar-refractivity contribution >= 4 is 17.5 Å². The summed E-state index contributed by atoms with van der Waals surface area (Å²) < 4.78 is 0. The lowest BCUT2D eigenvalue weighted by molar-refractivity contribution is 0.102. The van der Waals surface area contributed by atoms with E-state index in [1.165, 1.54) is 41.1 Å². The molecular weight excluding hydrogens is 272 g/mol. The second-order valence-corrected chi connectivity index (χ2v) is 5.59. The van der Waals surface area contributed by atoms with Crippen molar-refractivity contribution in [3.63, 3.8) is 0 Å². The van der Waals surface area contributed by atoms with Crippen LogP contribution in [0.15, 0.2) is 42.5 Å². The van der Waals surface area contributed by atoms with E-state index < -0.39 is 0 Å². The predicted octanol–water partition coefficient (Wildman–Crippen LogP) is 3.52. The van der Waals surface area contributed by atoms with Gasteiger partial charge in [0.25, 0.3) is 0 Å². The van der Waals surface area contributed by atoms with Crippen molar-refractivity contribution in [2.75, 3.05) is 5.75 Å². The van der Waals surface area contributed by atoms with Gasteiger partial charge >= 0.3 is 0 Å². The molecule has 0 saturated carbocycles. The average molecular weight is 288 g/mol. The molecule has 0 aliphatic rings. The summed E-state index contributed by atoms with van der Waals surface area (Å²) in [6.07, 6.45) is 0. The summed E-state index contributed by atoms with van der Waals surface area (Å²) in [6.45, 7) is 2.04. The molecule has 0 fully saturated rings. The Kier molecular flexibility index (Phi) is 4.69.